The highest BCUT2D eigenvalue weighted by Gasteiger charge is 2.28. The summed E-state index contributed by atoms with van der Waals surface area (Å²) < 4.78 is 58.1. The van der Waals surface area contributed by atoms with Gasteiger partial charge in [0.25, 0.3) is 10.0 Å². The average molecular weight is 429 g/mol. The van der Waals surface area contributed by atoms with E-state index in [9.17, 15) is 12.8 Å². The van der Waals surface area contributed by atoms with Crippen molar-refractivity contribution in [1.82, 2.24) is 0 Å². The lowest BCUT2D eigenvalue weighted by molar-refractivity contribution is 0.174. The van der Waals surface area contributed by atoms with Crippen molar-refractivity contribution in [3.8, 4) is 17.2 Å². The highest BCUT2D eigenvalue weighted by atomic mass is 32.2. The minimum atomic E-state index is -4.01. The summed E-state index contributed by atoms with van der Waals surface area (Å²) in [5, 5.41) is 0. The van der Waals surface area contributed by atoms with Crippen molar-refractivity contribution in [3.05, 3.63) is 77.6 Å². The van der Waals surface area contributed by atoms with Crippen LogP contribution in [-0.2, 0) is 16.6 Å². The molecule has 1 heterocycles. The van der Waals surface area contributed by atoms with E-state index >= 15 is 0 Å². The van der Waals surface area contributed by atoms with Crippen molar-refractivity contribution in [1.29, 1.82) is 0 Å². The van der Waals surface area contributed by atoms with Crippen LogP contribution < -0.4 is 18.5 Å². The van der Waals surface area contributed by atoms with Crippen molar-refractivity contribution in [2.75, 3.05) is 18.2 Å². The van der Waals surface area contributed by atoms with Gasteiger partial charge in [-0.15, -0.1) is 0 Å². The summed E-state index contributed by atoms with van der Waals surface area (Å²) in [5.41, 5.74) is 1.47. The van der Waals surface area contributed by atoms with Crippen LogP contribution in [0.3, 0.4) is 0 Å². The zero-order valence-corrected chi connectivity index (χ0v) is 17.3. The molecule has 3 aromatic rings. The van der Waals surface area contributed by atoms with E-state index in [-0.39, 0.29) is 18.2 Å². The fraction of sp³-hybridized carbons (Fsp3) is 0.182. The molecular formula is C22H20FNO5S. The second-order valence-electron chi connectivity index (χ2n) is 6.81. The first-order valence-electron chi connectivity index (χ1n) is 9.20. The lowest BCUT2D eigenvalue weighted by Crippen LogP contribution is -2.31. The van der Waals surface area contributed by atoms with Crippen LogP contribution in [0.4, 0.5) is 10.1 Å². The molecule has 8 heteroatoms. The van der Waals surface area contributed by atoms with E-state index in [4.69, 9.17) is 14.2 Å². The number of fused-ring (bicyclic) bond motifs is 1. The fourth-order valence-electron chi connectivity index (χ4n) is 3.31. The van der Waals surface area contributed by atoms with Crippen LogP contribution in [0.5, 0.6) is 17.2 Å². The second-order valence-corrected chi connectivity index (χ2v) is 8.64. The standard InChI is InChI=1S/C22H20FNO5S/c1-15-10-17(23)6-9-22(15)30(25,26)24(13-16-4-3-5-19(11-16)27-2)18-7-8-20-21(12-18)29-14-28-20/h3-12H,13-14H2,1-2H3. The molecule has 0 bridgehead atoms. The Morgan fingerprint density at radius 1 is 1.03 bits per heavy atom. The first kappa shape index (κ1) is 20.0. The number of methoxy groups -OCH3 is 1. The minimum absolute atomic E-state index is 0.0319. The summed E-state index contributed by atoms with van der Waals surface area (Å²) in [6.07, 6.45) is 0. The highest BCUT2D eigenvalue weighted by molar-refractivity contribution is 7.92. The summed E-state index contributed by atoms with van der Waals surface area (Å²) in [5.74, 6) is 1.15. The van der Waals surface area contributed by atoms with E-state index in [1.165, 1.54) is 16.4 Å². The molecule has 0 saturated carbocycles. The smallest absolute Gasteiger partial charge is 0.264 e. The average Bonchev–Trinajstić information content (AvgIpc) is 3.19. The Morgan fingerprint density at radius 3 is 2.60 bits per heavy atom. The maximum Gasteiger partial charge on any atom is 0.264 e. The van der Waals surface area contributed by atoms with E-state index in [0.29, 0.717) is 28.5 Å². The summed E-state index contributed by atoms with van der Waals surface area (Å²) >= 11 is 0. The van der Waals surface area contributed by atoms with E-state index in [0.717, 1.165) is 11.6 Å². The van der Waals surface area contributed by atoms with Crippen LogP contribution in [0.2, 0.25) is 0 Å². The molecule has 0 aliphatic carbocycles. The van der Waals surface area contributed by atoms with Crippen molar-refractivity contribution in [3.63, 3.8) is 0 Å². The molecule has 3 aromatic carbocycles. The Hall–Kier alpha value is -3.26. The van der Waals surface area contributed by atoms with Crippen LogP contribution in [0.1, 0.15) is 11.1 Å². The molecule has 30 heavy (non-hydrogen) atoms. The molecule has 156 valence electrons. The predicted octanol–water partition coefficient (Wildman–Crippen LogP) is 4.27. The van der Waals surface area contributed by atoms with Crippen LogP contribution in [-0.4, -0.2) is 22.3 Å². The topological polar surface area (TPSA) is 65.1 Å². The molecule has 0 spiro atoms. The molecule has 1 aliphatic heterocycles. The van der Waals surface area contributed by atoms with Gasteiger partial charge in [-0.05, 0) is 60.5 Å². The zero-order valence-electron chi connectivity index (χ0n) is 16.5. The number of ether oxygens (including phenoxy) is 3. The van der Waals surface area contributed by atoms with Crippen LogP contribution in [0.25, 0.3) is 0 Å². The second kappa shape index (κ2) is 7.87. The highest BCUT2D eigenvalue weighted by Crippen LogP contribution is 2.38. The van der Waals surface area contributed by atoms with E-state index in [1.54, 1.807) is 50.4 Å². The summed E-state index contributed by atoms with van der Waals surface area (Å²) in [7, 11) is -2.46. The quantitative estimate of drug-likeness (QED) is 0.586. The number of nitrogens with zero attached hydrogens (tertiary/aromatic N) is 1. The molecule has 0 unspecified atom stereocenters. The number of sulfonamides is 1. The Kier molecular flexibility index (Phi) is 5.26. The molecule has 0 radical (unpaired) electrons. The van der Waals surface area contributed by atoms with E-state index < -0.39 is 15.8 Å². The Balaban J connectivity index is 1.82. The Labute approximate surface area is 174 Å². The summed E-state index contributed by atoms with van der Waals surface area (Å²) in [6, 6.07) is 15.7. The zero-order chi connectivity index (χ0) is 21.3. The fourth-order valence-corrected chi connectivity index (χ4v) is 4.97. The molecule has 6 nitrogen and oxygen atoms in total. The number of hydrogen-bond acceptors (Lipinski definition) is 5. The monoisotopic (exact) mass is 429 g/mol. The number of rotatable bonds is 6. The Morgan fingerprint density at radius 2 is 1.83 bits per heavy atom. The molecule has 0 N–H and O–H groups in total. The van der Waals surface area contributed by atoms with Gasteiger partial charge in [0, 0.05) is 6.07 Å². The van der Waals surface area contributed by atoms with Gasteiger partial charge in [0.1, 0.15) is 11.6 Å². The summed E-state index contributed by atoms with van der Waals surface area (Å²) in [4.78, 5) is 0.0319. The van der Waals surface area contributed by atoms with Crippen molar-refractivity contribution < 1.29 is 27.0 Å². The van der Waals surface area contributed by atoms with Gasteiger partial charge in [-0.25, -0.2) is 12.8 Å². The van der Waals surface area contributed by atoms with Gasteiger partial charge in [-0.1, -0.05) is 12.1 Å². The first-order chi connectivity index (χ1) is 14.4. The number of aryl methyl sites for hydroxylation is 1. The van der Waals surface area contributed by atoms with Crippen LogP contribution in [0, 0.1) is 12.7 Å². The van der Waals surface area contributed by atoms with Gasteiger partial charge in [0.2, 0.25) is 6.79 Å². The van der Waals surface area contributed by atoms with Crippen molar-refractivity contribution in [2.45, 2.75) is 18.4 Å². The molecule has 0 aromatic heterocycles. The number of anilines is 1. The normalized spacial score (nSPS) is 12.6. The molecular weight excluding hydrogens is 409 g/mol. The van der Waals surface area contributed by atoms with Gasteiger partial charge in [0.05, 0.1) is 24.2 Å². The molecule has 0 atom stereocenters. The van der Waals surface area contributed by atoms with Gasteiger partial charge in [-0.2, -0.15) is 0 Å². The molecule has 4 rings (SSSR count). The predicted molar refractivity (Wildman–Crippen MR) is 110 cm³/mol. The third kappa shape index (κ3) is 3.78. The third-order valence-corrected chi connectivity index (χ3v) is 6.74. The molecule has 1 aliphatic rings. The van der Waals surface area contributed by atoms with Gasteiger partial charge in [0.15, 0.2) is 11.5 Å². The van der Waals surface area contributed by atoms with E-state index in [2.05, 4.69) is 0 Å². The van der Waals surface area contributed by atoms with Crippen molar-refractivity contribution >= 4 is 15.7 Å². The maximum atomic E-state index is 13.6. The van der Waals surface area contributed by atoms with Crippen molar-refractivity contribution in [2.24, 2.45) is 0 Å². The molecule has 0 saturated heterocycles. The minimum Gasteiger partial charge on any atom is -0.497 e. The van der Waals surface area contributed by atoms with Gasteiger partial charge >= 0.3 is 0 Å². The van der Waals surface area contributed by atoms with Crippen LogP contribution >= 0.6 is 0 Å². The summed E-state index contributed by atoms with van der Waals surface area (Å²) in [6.45, 7) is 1.70. The maximum absolute atomic E-state index is 13.6. The van der Waals surface area contributed by atoms with E-state index in [1.807, 2.05) is 6.07 Å². The first-order valence-corrected chi connectivity index (χ1v) is 10.6. The molecule has 0 fully saturated rings. The number of halogens is 1. The lowest BCUT2D eigenvalue weighted by Gasteiger charge is -2.26. The van der Waals surface area contributed by atoms with Gasteiger partial charge < -0.3 is 14.2 Å². The SMILES string of the molecule is COc1cccc(CN(c2ccc3c(c2)OCO3)S(=O)(=O)c2ccc(F)cc2C)c1. The van der Waals surface area contributed by atoms with Gasteiger partial charge in [-0.3, -0.25) is 4.31 Å². The Bertz CT molecular complexity index is 1200. The lowest BCUT2D eigenvalue weighted by atomic mass is 10.2. The van der Waals surface area contributed by atoms with Crippen LogP contribution in [0.15, 0.2) is 65.6 Å². The third-order valence-electron chi connectivity index (χ3n) is 4.81. The largest absolute Gasteiger partial charge is 0.497 e. The molecule has 0 amide bonds. The number of benzene rings is 3. The number of hydrogen-bond donors (Lipinski definition) is 0.